The lowest BCUT2D eigenvalue weighted by Gasteiger charge is -2.22. The van der Waals surface area contributed by atoms with E-state index in [0.717, 1.165) is 30.8 Å². The first-order chi connectivity index (χ1) is 10.0. The number of hydrogen-bond donors (Lipinski definition) is 2. The zero-order valence-electron chi connectivity index (χ0n) is 11.7. The number of nitrogens with one attached hydrogen (secondary N) is 2. The van der Waals surface area contributed by atoms with Gasteiger partial charge in [-0.05, 0) is 45.0 Å². The van der Waals surface area contributed by atoms with Gasteiger partial charge in [-0.2, -0.15) is 5.10 Å². The molecule has 0 radical (unpaired) electrons. The molecule has 1 saturated heterocycles. The van der Waals surface area contributed by atoms with Crippen LogP contribution >= 0.6 is 11.3 Å². The smallest absolute Gasteiger partial charge is 0.271 e. The maximum atomic E-state index is 12.3. The fourth-order valence-corrected chi connectivity index (χ4v) is 4.73. The third-order valence-corrected chi connectivity index (χ3v) is 6.39. The van der Waals surface area contributed by atoms with Crippen LogP contribution < -0.4 is 10.0 Å². The molecular formula is C13H18N4O2S2. The van der Waals surface area contributed by atoms with Crippen molar-refractivity contribution in [3.8, 4) is 0 Å². The average Bonchev–Trinajstić information content (AvgIpc) is 3.09. The molecule has 2 aromatic heterocycles. The van der Waals surface area contributed by atoms with Gasteiger partial charge in [-0.3, -0.25) is 9.40 Å². The lowest BCUT2D eigenvalue weighted by molar-refractivity contribution is 0.343. The summed E-state index contributed by atoms with van der Waals surface area (Å²) < 4.78 is 29.3. The molecule has 0 unspecified atom stereocenters. The fraction of sp³-hybridized carbons (Fsp3) is 0.462. The van der Waals surface area contributed by atoms with E-state index in [4.69, 9.17) is 0 Å². The van der Waals surface area contributed by atoms with Gasteiger partial charge in [0.25, 0.3) is 10.0 Å². The highest BCUT2D eigenvalue weighted by Crippen LogP contribution is 2.24. The Hall–Kier alpha value is -1.38. The predicted octanol–water partition coefficient (Wildman–Crippen LogP) is 1.98. The molecule has 114 valence electrons. The molecule has 0 spiro atoms. The molecule has 0 aliphatic carbocycles. The maximum absolute atomic E-state index is 12.3. The summed E-state index contributed by atoms with van der Waals surface area (Å²) in [5.41, 5.74) is 0.514. The van der Waals surface area contributed by atoms with E-state index in [9.17, 15) is 8.42 Å². The van der Waals surface area contributed by atoms with E-state index < -0.39 is 10.0 Å². The van der Waals surface area contributed by atoms with Crippen LogP contribution in [0.15, 0.2) is 28.7 Å². The standard InChI is InChI=1S/C13H18N4O2S2/c1-10-2-3-13(20-10)21(18,19)16-11-8-15-17(9-11)12-4-6-14-7-5-12/h2-3,8-9,12,14,16H,4-7H2,1H3. The summed E-state index contributed by atoms with van der Waals surface area (Å²) in [6, 6.07) is 3.77. The van der Waals surface area contributed by atoms with Crippen molar-refractivity contribution in [2.75, 3.05) is 17.8 Å². The highest BCUT2D eigenvalue weighted by atomic mass is 32.2. The molecule has 3 rings (SSSR count). The Bertz CT molecular complexity index is 714. The quantitative estimate of drug-likeness (QED) is 0.901. The van der Waals surface area contributed by atoms with Crippen LogP contribution in [0.3, 0.4) is 0 Å². The zero-order valence-corrected chi connectivity index (χ0v) is 13.4. The Morgan fingerprint density at radius 1 is 1.38 bits per heavy atom. The largest absolute Gasteiger partial charge is 0.317 e. The second kappa shape index (κ2) is 5.78. The van der Waals surface area contributed by atoms with Crippen LogP contribution in [-0.2, 0) is 10.0 Å². The van der Waals surface area contributed by atoms with E-state index in [1.54, 1.807) is 24.5 Å². The Morgan fingerprint density at radius 2 is 2.14 bits per heavy atom. The van der Waals surface area contributed by atoms with Gasteiger partial charge < -0.3 is 5.32 Å². The van der Waals surface area contributed by atoms with Crippen molar-refractivity contribution in [3.63, 3.8) is 0 Å². The molecule has 1 aliphatic heterocycles. The van der Waals surface area contributed by atoms with Crippen molar-refractivity contribution in [2.45, 2.75) is 30.0 Å². The predicted molar refractivity (Wildman–Crippen MR) is 83.2 cm³/mol. The monoisotopic (exact) mass is 326 g/mol. The van der Waals surface area contributed by atoms with Crippen molar-refractivity contribution >= 4 is 27.0 Å². The second-order valence-corrected chi connectivity index (χ2v) is 8.36. The molecule has 8 heteroatoms. The van der Waals surface area contributed by atoms with Crippen LogP contribution in [0.2, 0.25) is 0 Å². The summed E-state index contributed by atoms with van der Waals surface area (Å²) >= 11 is 1.26. The van der Waals surface area contributed by atoms with Crippen molar-refractivity contribution in [3.05, 3.63) is 29.4 Å². The van der Waals surface area contributed by atoms with E-state index in [1.165, 1.54) is 11.3 Å². The van der Waals surface area contributed by atoms with Gasteiger partial charge in [0, 0.05) is 11.1 Å². The number of rotatable bonds is 4. The molecule has 21 heavy (non-hydrogen) atoms. The Kier molecular flexibility index (Phi) is 4.01. The second-order valence-electron chi connectivity index (χ2n) is 5.16. The van der Waals surface area contributed by atoms with E-state index in [1.807, 2.05) is 11.6 Å². The fourth-order valence-electron chi connectivity index (χ4n) is 2.42. The average molecular weight is 326 g/mol. The maximum Gasteiger partial charge on any atom is 0.271 e. The van der Waals surface area contributed by atoms with Gasteiger partial charge in [0.05, 0.1) is 17.9 Å². The number of sulfonamides is 1. The molecule has 1 aliphatic rings. The minimum atomic E-state index is -3.51. The van der Waals surface area contributed by atoms with Crippen LogP contribution in [0.4, 0.5) is 5.69 Å². The Balaban J connectivity index is 1.74. The molecule has 1 fully saturated rings. The van der Waals surface area contributed by atoms with Gasteiger partial charge in [0.15, 0.2) is 0 Å². The first-order valence-corrected chi connectivity index (χ1v) is 9.19. The van der Waals surface area contributed by atoms with Crippen molar-refractivity contribution in [1.29, 1.82) is 0 Å². The molecule has 2 aromatic rings. The van der Waals surface area contributed by atoms with Gasteiger partial charge in [-0.15, -0.1) is 11.3 Å². The zero-order chi connectivity index (χ0) is 14.9. The summed E-state index contributed by atoms with van der Waals surface area (Å²) in [5, 5.41) is 7.59. The minimum absolute atomic E-state index is 0.328. The molecule has 0 saturated carbocycles. The summed E-state index contributed by atoms with van der Waals surface area (Å²) in [4.78, 5) is 0.973. The van der Waals surface area contributed by atoms with E-state index >= 15 is 0 Å². The van der Waals surface area contributed by atoms with Crippen LogP contribution in [-0.4, -0.2) is 31.3 Å². The minimum Gasteiger partial charge on any atom is -0.317 e. The van der Waals surface area contributed by atoms with Crippen molar-refractivity contribution in [2.24, 2.45) is 0 Å². The molecule has 6 nitrogen and oxygen atoms in total. The van der Waals surface area contributed by atoms with Gasteiger partial charge >= 0.3 is 0 Å². The van der Waals surface area contributed by atoms with E-state index in [-0.39, 0.29) is 0 Å². The number of anilines is 1. The number of thiophene rings is 1. The van der Waals surface area contributed by atoms with Crippen LogP contribution in [0.1, 0.15) is 23.8 Å². The van der Waals surface area contributed by atoms with E-state index in [2.05, 4.69) is 15.1 Å². The number of piperidine rings is 1. The van der Waals surface area contributed by atoms with Crippen molar-refractivity contribution < 1.29 is 8.42 Å². The molecule has 3 heterocycles. The topological polar surface area (TPSA) is 76.0 Å². The number of aromatic nitrogens is 2. The molecule has 0 aromatic carbocycles. The SMILES string of the molecule is Cc1ccc(S(=O)(=O)Nc2cnn(C3CCNCC3)c2)s1. The molecular weight excluding hydrogens is 308 g/mol. The van der Waals surface area contributed by atoms with Crippen LogP contribution in [0, 0.1) is 6.92 Å². The summed E-state index contributed by atoms with van der Waals surface area (Å²) in [6.45, 7) is 3.83. The van der Waals surface area contributed by atoms with Gasteiger partial charge in [0.1, 0.15) is 4.21 Å². The summed E-state index contributed by atoms with van der Waals surface area (Å²) in [5.74, 6) is 0. The summed E-state index contributed by atoms with van der Waals surface area (Å²) in [6.07, 6.45) is 5.37. The highest BCUT2D eigenvalue weighted by molar-refractivity contribution is 7.94. The number of aryl methyl sites for hydroxylation is 1. The molecule has 0 atom stereocenters. The molecule has 2 N–H and O–H groups in total. The molecule has 0 bridgehead atoms. The third kappa shape index (κ3) is 3.28. The van der Waals surface area contributed by atoms with Crippen LogP contribution in [0.5, 0.6) is 0 Å². The normalized spacial score (nSPS) is 17.0. The first-order valence-electron chi connectivity index (χ1n) is 6.89. The third-order valence-electron chi connectivity index (χ3n) is 3.52. The Labute approximate surface area is 128 Å². The number of nitrogens with zero attached hydrogens (tertiary/aromatic N) is 2. The Morgan fingerprint density at radius 3 is 2.81 bits per heavy atom. The lowest BCUT2D eigenvalue weighted by Crippen LogP contribution is -2.29. The van der Waals surface area contributed by atoms with Crippen LogP contribution in [0.25, 0.3) is 0 Å². The molecule has 0 amide bonds. The lowest BCUT2D eigenvalue weighted by atomic mass is 10.1. The highest BCUT2D eigenvalue weighted by Gasteiger charge is 2.19. The van der Waals surface area contributed by atoms with Crippen molar-refractivity contribution in [1.82, 2.24) is 15.1 Å². The van der Waals surface area contributed by atoms with Gasteiger partial charge in [-0.1, -0.05) is 0 Å². The van der Waals surface area contributed by atoms with Gasteiger partial charge in [-0.25, -0.2) is 8.42 Å². The summed E-state index contributed by atoms with van der Waals surface area (Å²) in [7, 11) is -3.51. The number of hydrogen-bond acceptors (Lipinski definition) is 5. The van der Waals surface area contributed by atoms with Gasteiger partial charge in [0.2, 0.25) is 0 Å². The van der Waals surface area contributed by atoms with E-state index in [0.29, 0.717) is 15.9 Å². The first kappa shape index (κ1) is 14.6.